The zero-order valence-electron chi connectivity index (χ0n) is 10.1. The van der Waals surface area contributed by atoms with Crippen LogP contribution in [0.2, 0.25) is 5.82 Å². The van der Waals surface area contributed by atoms with E-state index in [1.54, 1.807) is 0 Å². The van der Waals surface area contributed by atoms with Gasteiger partial charge in [0.05, 0.1) is 7.85 Å². The summed E-state index contributed by atoms with van der Waals surface area (Å²) in [6, 6.07) is 0.367. The van der Waals surface area contributed by atoms with E-state index in [0.29, 0.717) is 11.9 Å². The van der Waals surface area contributed by atoms with Crippen molar-refractivity contribution >= 4 is 7.85 Å². The van der Waals surface area contributed by atoms with E-state index < -0.39 is 0 Å². The quantitative estimate of drug-likeness (QED) is 0.591. The minimum absolute atomic E-state index is 0.367. The lowest BCUT2D eigenvalue weighted by molar-refractivity contribution is 0.434. The van der Waals surface area contributed by atoms with E-state index in [1.807, 2.05) is 0 Å². The van der Waals surface area contributed by atoms with Gasteiger partial charge in [0.2, 0.25) is 0 Å². The van der Waals surface area contributed by atoms with Crippen molar-refractivity contribution in [2.24, 2.45) is 11.7 Å². The van der Waals surface area contributed by atoms with Crippen molar-refractivity contribution in [3.8, 4) is 0 Å². The molecule has 0 saturated carbocycles. The molecule has 0 unspecified atom stereocenters. The van der Waals surface area contributed by atoms with E-state index in [9.17, 15) is 0 Å². The maximum atomic E-state index is 5.70. The van der Waals surface area contributed by atoms with Gasteiger partial charge in [0.25, 0.3) is 0 Å². The second-order valence-electron chi connectivity index (χ2n) is 4.92. The van der Waals surface area contributed by atoms with Crippen LogP contribution in [-0.4, -0.2) is 13.9 Å². The fraction of sp³-hybridized carbons (Fsp3) is 1.00. The summed E-state index contributed by atoms with van der Waals surface area (Å²) < 4.78 is 0. The fourth-order valence-electron chi connectivity index (χ4n) is 1.72. The molecule has 2 radical (unpaired) electrons. The molecule has 0 aromatic carbocycles. The first kappa shape index (κ1) is 14.0. The molecule has 2 heteroatoms. The van der Waals surface area contributed by atoms with Gasteiger partial charge in [0, 0.05) is 6.04 Å². The van der Waals surface area contributed by atoms with Crippen LogP contribution < -0.4 is 5.73 Å². The van der Waals surface area contributed by atoms with Crippen molar-refractivity contribution in [3.63, 3.8) is 0 Å². The molecule has 0 spiro atoms. The molecule has 14 heavy (non-hydrogen) atoms. The average Bonchev–Trinajstić information content (AvgIpc) is 2.02. The van der Waals surface area contributed by atoms with Gasteiger partial charge in [-0.1, -0.05) is 51.8 Å². The summed E-state index contributed by atoms with van der Waals surface area (Å²) in [5.41, 5.74) is 5.70. The van der Waals surface area contributed by atoms with Gasteiger partial charge >= 0.3 is 0 Å². The molecule has 0 aromatic heterocycles. The van der Waals surface area contributed by atoms with Crippen LogP contribution >= 0.6 is 0 Å². The summed E-state index contributed by atoms with van der Waals surface area (Å²) in [6.45, 7) is 6.50. The highest BCUT2D eigenvalue weighted by Gasteiger charge is 2.03. The van der Waals surface area contributed by atoms with Crippen LogP contribution in [0.1, 0.15) is 59.3 Å². The van der Waals surface area contributed by atoms with Crippen LogP contribution in [0.15, 0.2) is 0 Å². The Balaban J connectivity index is 3.23. The van der Waals surface area contributed by atoms with Gasteiger partial charge in [0.1, 0.15) is 0 Å². The third kappa shape index (κ3) is 10.1. The summed E-state index contributed by atoms with van der Waals surface area (Å²) in [7, 11) is 5.70. The highest BCUT2D eigenvalue weighted by atomic mass is 14.6. The Morgan fingerprint density at radius 2 is 1.43 bits per heavy atom. The van der Waals surface area contributed by atoms with Crippen LogP contribution in [-0.2, 0) is 0 Å². The molecule has 2 N–H and O–H groups in total. The lowest BCUT2D eigenvalue weighted by atomic mass is 9.84. The molecule has 0 heterocycles. The number of rotatable bonds is 8. The monoisotopic (exact) mass is 195 g/mol. The van der Waals surface area contributed by atoms with Gasteiger partial charge in [-0.2, -0.15) is 0 Å². The third-order valence-corrected chi connectivity index (χ3v) is 2.71. The Kier molecular flexibility index (Phi) is 8.36. The molecule has 0 aliphatic rings. The first-order valence-corrected chi connectivity index (χ1v) is 6.03. The molecule has 0 fully saturated rings. The van der Waals surface area contributed by atoms with Gasteiger partial charge in [0.15, 0.2) is 0 Å². The number of hydrogen-bond donors (Lipinski definition) is 1. The fourth-order valence-corrected chi connectivity index (χ4v) is 1.72. The summed E-state index contributed by atoms with van der Waals surface area (Å²) in [5, 5.41) is 0. The van der Waals surface area contributed by atoms with E-state index in [4.69, 9.17) is 13.6 Å². The first-order chi connectivity index (χ1) is 6.52. The van der Waals surface area contributed by atoms with Crippen molar-refractivity contribution in [1.29, 1.82) is 0 Å². The van der Waals surface area contributed by atoms with Gasteiger partial charge in [-0.05, 0) is 19.3 Å². The smallest absolute Gasteiger partial charge is 0.0695 e. The molecule has 1 nitrogen and oxygen atoms in total. The lowest BCUT2D eigenvalue weighted by Crippen LogP contribution is -2.14. The van der Waals surface area contributed by atoms with Crippen LogP contribution in [0.4, 0.5) is 0 Å². The third-order valence-electron chi connectivity index (χ3n) is 2.71. The van der Waals surface area contributed by atoms with E-state index in [-0.39, 0.29) is 0 Å². The van der Waals surface area contributed by atoms with Gasteiger partial charge in [-0.15, -0.1) is 0 Å². The predicted octanol–water partition coefficient (Wildman–Crippen LogP) is 3.29. The molecule has 3 atom stereocenters. The normalized spacial score (nSPS) is 17.7. The molecule has 0 aliphatic heterocycles. The van der Waals surface area contributed by atoms with Crippen molar-refractivity contribution in [1.82, 2.24) is 0 Å². The van der Waals surface area contributed by atoms with Crippen molar-refractivity contribution in [2.45, 2.75) is 71.2 Å². The average molecular weight is 195 g/mol. The molecule has 0 aliphatic carbocycles. The second kappa shape index (κ2) is 8.34. The molecule has 0 saturated heterocycles. The standard InChI is InChI=1S/C12H26BN/c1-10(6-4-8-11(2)13)7-5-9-12(3)14/h10-12H,4-9,14H2,1-3H3/t10-,11-,12-/m0/s1. The Labute approximate surface area is 91.2 Å². The van der Waals surface area contributed by atoms with Crippen LogP contribution in [0.25, 0.3) is 0 Å². The molecular formula is C12H26BN. The van der Waals surface area contributed by atoms with Gasteiger partial charge in [-0.3, -0.25) is 0 Å². The minimum Gasteiger partial charge on any atom is -0.328 e. The molecule has 82 valence electrons. The van der Waals surface area contributed by atoms with Crippen molar-refractivity contribution in [2.75, 3.05) is 0 Å². The van der Waals surface area contributed by atoms with Crippen LogP contribution in [0.5, 0.6) is 0 Å². The zero-order chi connectivity index (χ0) is 11.0. The Bertz CT molecular complexity index is 109. The van der Waals surface area contributed by atoms with E-state index >= 15 is 0 Å². The van der Waals surface area contributed by atoms with Crippen LogP contribution in [0.3, 0.4) is 0 Å². The Morgan fingerprint density at radius 1 is 0.929 bits per heavy atom. The van der Waals surface area contributed by atoms with Gasteiger partial charge < -0.3 is 5.73 Å². The zero-order valence-corrected chi connectivity index (χ0v) is 10.1. The Morgan fingerprint density at radius 3 is 1.86 bits per heavy atom. The second-order valence-corrected chi connectivity index (χ2v) is 4.92. The van der Waals surface area contributed by atoms with Crippen molar-refractivity contribution < 1.29 is 0 Å². The largest absolute Gasteiger partial charge is 0.328 e. The summed E-state index contributed by atoms with van der Waals surface area (Å²) in [5.74, 6) is 1.21. The van der Waals surface area contributed by atoms with Gasteiger partial charge in [-0.25, -0.2) is 0 Å². The number of nitrogens with two attached hydrogens (primary N) is 1. The molecule has 0 bridgehead atoms. The van der Waals surface area contributed by atoms with Crippen LogP contribution in [0, 0.1) is 5.92 Å². The molecular weight excluding hydrogens is 169 g/mol. The van der Waals surface area contributed by atoms with E-state index in [0.717, 1.165) is 18.8 Å². The minimum atomic E-state index is 0.367. The Hall–Kier alpha value is 0.0249. The topological polar surface area (TPSA) is 26.0 Å². The molecule has 0 aromatic rings. The van der Waals surface area contributed by atoms with E-state index in [1.165, 1.54) is 25.7 Å². The maximum absolute atomic E-state index is 5.70. The highest BCUT2D eigenvalue weighted by Crippen LogP contribution is 2.18. The van der Waals surface area contributed by atoms with Crippen molar-refractivity contribution in [3.05, 3.63) is 0 Å². The highest BCUT2D eigenvalue weighted by molar-refractivity contribution is 6.11. The SMILES string of the molecule is [B][C@@H](C)CCC[C@H](C)CCC[C@H](C)N. The first-order valence-electron chi connectivity index (χ1n) is 6.03. The maximum Gasteiger partial charge on any atom is 0.0695 e. The summed E-state index contributed by atoms with van der Waals surface area (Å²) in [4.78, 5) is 0. The molecule has 0 rings (SSSR count). The summed E-state index contributed by atoms with van der Waals surface area (Å²) >= 11 is 0. The lowest BCUT2D eigenvalue weighted by Gasteiger charge is -2.12. The summed E-state index contributed by atoms with van der Waals surface area (Å²) in [6.07, 6.45) is 7.52. The van der Waals surface area contributed by atoms with E-state index in [2.05, 4.69) is 20.8 Å². The number of hydrogen-bond acceptors (Lipinski definition) is 1. The predicted molar refractivity (Wildman–Crippen MR) is 65.7 cm³/mol. The molecule has 0 amide bonds.